The molecule has 0 bridgehead atoms. The van der Waals surface area contributed by atoms with Crippen LogP contribution in [0, 0.1) is 5.41 Å². The van der Waals surface area contributed by atoms with Crippen LogP contribution in [0.3, 0.4) is 0 Å². The summed E-state index contributed by atoms with van der Waals surface area (Å²) in [5, 5.41) is 0. The van der Waals surface area contributed by atoms with E-state index in [0.717, 1.165) is 0 Å². The second-order valence-corrected chi connectivity index (χ2v) is 7.14. The number of rotatable bonds is 10. The molecule has 0 amide bonds. The van der Waals surface area contributed by atoms with Gasteiger partial charge in [-0.2, -0.15) is 0 Å². The fourth-order valence-electron chi connectivity index (χ4n) is 1.43. The molecule has 0 aliphatic rings. The van der Waals surface area contributed by atoms with Crippen molar-refractivity contribution in [3.63, 3.8) is 0 Å². The van der Waals surface area contributed by atoms with Gasteiger partial charge in [-0.15, -0.1) is 0 Å². The topological polar surface area (TPSA) is 54.0 Å². The monoisotopic (exact) mass is 304 g/mol. The average molecular weight is 304 g/mol. The van der Waals surface area contributed by atoms with E-state index in [-0.39, 0.29) is 17.0 Å². The van der Waals surface area contributed by atoms with E-state index in [9.17, 15) is 4.79 Å². The summed E-state index contributed by atoms with van der Waals surface area (Å²) < 4.78 is 21.3. The van der Waals surface area contributed by atoms with E-state index in [1.54, 1.807) is 0 Å². The van der Waals surface area contributed by atoms with Crippen molar-refractivity contribution in [2.24, 2.45) is 5.41 Å². The van der Waals surface area contributed by atoms with Gasteiger partial charge < -0.3 is 18.9 Å². The van der Waals surface area contributed by atoms with E-state index < -0.39 is 0 Å². The van der Waals surface area contributed by atoms with E-state index in [1.807, 2.05) is 41.5 Å². The van der Waals surface area contributed by atoms with Crippen LogP contribution in [0.5, 0.6) is 0 Å². The summed E-state index contributed by atoms with van der Waals surface area (Å²) in [5.74, 6) is -0.179. The van der Waals surface area contributed by atoms with Gasteiger partial charge in [0, 0.05) is 0 Å². The molecule has 0 aromatic carbocycles. The van der Waals surface area contributed by atoms with Gasteiger partial charge in [0.25, 0.3) is 0 Å². The largest absolute Gasteiger partial charge is 0.463 e. The summed E-state index contributed by atoms with van der Waals surface area (Å²) in [6.07, 6.45) is 0.421. The minimum absolute atomic E-state index is 0.0408. The van der Waals surface area contributed by atoms with Crippen LogP contribution >= 0.6 is 0 Å². The van der Waals surface area contributed by atoms with Crippen LogP contribution in [0.2, 0.25) is 0 Å². The third-order valence-electron chi connectivity index (χ3n) is 2.30. The Morgan fingerprint density at radius 1 is 0.762 bits per heavy atom. The van der Waals surface area contributed by atoms with Crippen molar-refractivity contribution in [3.8, 4) is 0 Å². The first kappa shape index (κ1) is 20.3. The van der Waals surface area contributed by atoms with Gasteiger partial charge in [0.05, 0.1) is 45.1 Å². The normalized spacial score (nSPS) is 12.5. The first-order chi connectivity index (χ1) is 9.60. The van der Waals surface area contributed by atoms with Crippen LogP contribution in [0.4, 0.5) is 0 Å². The third-order valence-corrected chi connectivity index (χ3v) is 2.30. The molecule has 0 saturated carbocycles. The van der Waals surface area contributed by atoms with Gasteiger partial charge in [0.15, 0.2) is 0 Å². The molecule has 0 aromatic rings. The highest BCUT2D eigenvalue weighted by molar-refractivity contribution is 5.70. The SMILES string of the molecule is CC(C)(C)CC(=O)OCCOCCOCCOC(C)(C)C. The molecule has 0 heterocycles. The van der Waals surface area contributed by atoms with Crippen LogP contribution in [-0.4, -0.2) is 51.2 Å². The summed E-state index contributed by atoms with van der Waals surface area (Å²) >= 11 is 0. The molecule has 0 aliphatic carbocycles. The number of carbonyl (C=O) groups is 1. The molecule has 5 nitrogen and oxygen atoms in total. The number of ether oxygens (including phenoxy) is 4. The quantitative estimate of drug-likeness (QED) is 0.459. The molecule has 126 valence electrons. The second kappa shape index (κ2) is 10.1. The Morgan fingerprint density at radius 3 is 1.71 bits per heavy atom. The highest BCUT2D eigenvalue weighted by atomic mass is 16.6. The van der Waals surface area contributed by atoms with Crippen LogP contribution in [0.15, 0.2) is 0 Å². The highest BCUT2D eigenvalue weighted by Gasteiger charge is 2.16. The van der Waals surface area contributed by atoms with E-state index in [4.69, 9.17) is 18.9 Å². The highest BCUT2D eigenvalue weighted by Crippen LogP contribution is 2.18. The van der Waals surface area contributed by atoms with Crippen molar-refractivity contribution < 1.29 is 23.7 Å². The van der Waals surface area contributed by atoms with Crippen molar-refractivity contribution in [1.82, 2.24) is 0 Å². The summed E-state index contributed by atoms with van der Waals surface area (Å²) in [6, 6.07) is 0. The molecule has 5 heteroatoms. The fourth-order valence-corrected chi connectivity index (χ4v) is 1.43. The van der Waals surface area contributed by atoms with Crippen molar-refractivity contribution in [1.29, 1.82) is 0 Å². The molecule has 0 rings (SSSR count). The number of carbonyl (C=O) groups excluding carboxylic acids is 1. The Labute approximate surface area is 129 Å². The Bertz CT molecular complexity index is 275. The van der Waals surface area contributed by atoms with Crippen LogP contribution in [-0.2, 0) is 23.7 Å². The van der Waals surface area contributed by atoms with Gasteiger partial charge in [-0.3, -0.25) is 4.79 Å². The lowest BCUT2D eigenvalue weighted by Crippen LogP contribution is -2.22. The van der Waals surface area contributed by atoms with Gasteiger partial charge in [-0.25, -0.2) is 0 Å². The molecule has 0 fully saturated rings. The summed E-state index contributed by atoms with van der Waals surface area (Å²) in [4.78, 5) is 11.4. The van der Waals surface area contributed by atoms with E-state index >= 15 is 0 Å². The third kappa shape index (κ3) is 17.3. The summed E-state index contributed by atoms with van der Waals surface area (Å²) in [7, 11) is 0. The number of hydrogen-bond donors (Lipinski definition) is 0. The Kier molecular flexibility index (Phi) is 9.83. The van der Waals surface area contributed by atoms with E-state index in [2.05, 4.69) is 0 Å². The second-order valence-electron chi connectivity index (χ2n) is 7.14. The first-order valence-electron chi connectivity index (χ1n) is 7.55. The van der Waals surface area contributed by atoms with Crippen molar-refractivity contribution in [2.75, 3.05) is 39.6 Å². The van der Waals surface area contributed by atoms with Gasteiger partial charge in [-0.1, -0.05) is 20.8 Å². The van der Waals surface area contributed by atoms with Gasteiger partial charge in [0.1, 0.15) is 6.61 Å². The lowest BCUT2D eigenvalue weighted by molar-refractivity contribution is -0.147. The minimum atomic E-state index is -0.179. The molecular weight excluding hydrogens is 272 g/mol. The van der Waals surface area contributed by atoms with E-state index in [0.29, 0.717) is 46.1 Å². The zero-order valence-corrected chi connectivity index (χ0v) is 14.5. The molecule has 0 radical (unpaired) electrons. The van der Waals surface area contributed by atoms with Crippen molar-refractivity contribution in [3.05, 3.63) is 0 Å². The molecule has 0 spiro atoms. The summed E-state index contributed by atoms with van der Waals surface area (Å²) in [6.45, 7) is 14.9. The Balaban J connectivity index is 3.28. The molecule has 0 atom stereocenters. The zero-order valence-electron chi connectivity index (χ0n) is 14.5. The molecule has 0 aliphatic heterocycles. The zero-order chi connectivity index (χ0) is 16.4. The van der Waals surface area contributed by atoms with Gasteiger partial charge >= 0.3 is 5.97 Å². The first-order valence-corrected chi connectivity index (χ1v) is 7.55. The predicted molar refractivity (Wildman–Crippen MR) is 82.4 cm³/mol. The molecule has 0 aromatic heterocycles. The van der Waals surface area contributed by atoms with Crippen LogP contribution in [0.1, 0.15) is 48.0 Å². The Hall–Kier alpha value is -0.650. The molecular formula is C16H32O5. The predicted octanol–water partition coefficient (Wildman–Crippen LogP) is 2.81. The van der Waals surface area contributed by atoms with Crippen LogP contribution in [0.25, 0.3) is 0 Å². The maximum atomic E-state index is 11.4. The van der Waals surface area contributed by atoms with Crippen LogP contribution < -0.4 is 0 Å². The summed E-state index contributed by atoms with van der Waals surface area (Å²) in [5.41, 5.74) is -0.169. The minimum Gasteiger partial charge on any atom is -0.463 e. The van der Waals surface area contributed by atoms with Crippen molar-refractivity contribution in [2.45, 2.75) is 53.6 Å². The lowest BCUT2D eigenvalue weighted by atomic mass is 9.93. The maximum Gasteiger partial charge on any atom is 0.306 e. The smallest absolute Gasteiger partial charge is 0.306 e. The lowest BCUT2D eigenvalue weighted by Gasteiger charge is -2.19. The fraction of sp³-hybridized carbons (Fsp3) is 0.938. The molecule has 0 N–H and O–H groups in total. The maximum absolute atomic E-state index is 11.4. The molecule has 21 heavy (non-hydrogen) atoms. The van der Waals surface area contributed by atoms with Gasteiger partial charge in [0.2, 0.25) is 0 Å². The van der Waals surface area contributed by atoms with E-state index in [1.165, 1.54) is 0 Å². The number of esters is 1. The molecule has 0 unspecified atom stereocenters. The average Bonchev–Trinajstić information content (AvgIpc) is 2.27. The van der Waals surface area contributed by atoms with Gasteiger partial charge in [-0.05, 0) is 26.2 Å². The number of hydrogen-bond acceptors (Lipinski definition) is 5. The molecule has 0 saturated heterocycles. The Morgan fingerprint density at radius 2 is 1.24 bits per heavy atom. The standard InChI is InChI=1S/C16H32O5/c1-15(2,3)13-14(17)20-11-9-18-7-8-19-10-12-21-16(4,5)6/h7-13H2,1-6H3. The van der Waals surface area contributed by atoms with Crippen molar-refractivity contribution >= 4 is 5.97 Å².